The van der Waals surface area contributed by atoms with E-state index in [2.05, 4.69) is 5.32 Å². The van der Waals surface area contributed by atoms with Gasteiger partial charge in [-0.05, 0) is 6.07 Å². The Morgan fingerprint density at radius 2 is 2.21 bits per heavy atom. The summed E-state index contributed by atoms with van der Waals surface area (Å²) in [5.74, 6) is -1.40. The largest absolute Gasteiger partial charge is 0.387 e. The van der Waals surface area contributed by atoms with E-state index in [1.54, 1.807) is 0 Å². The van der Waals surface area contributed by atoms with Crippen molar-refractivity contribution in [1.29, 1.82) is 0 Å². The Morgan fingerprint density at radius 1 is 1.37 bits per heavy atom. The molecule has 2 unspecified atom stereocenters. The molecule has 0 amide bonds. The summed E-state index contributed by atoms with van der Waals surface area (Å²) in [5.41, 5.74) is 0.0784. The van der Waals surface area contributed by atoms with Crippen molar-refractivity contribution in [3.05, 3.63) is 35.4 Å². The Balaban J connectivity index is 1.78. The van der Waals surface area contributed by atoms with Crippen molar-refractivity contribution in [1.82, 2.24) is 5.32 Å². The first kappa shape index (κ1) is 14.3. The number of rotatable bonds is 5. The van der Waals surface area contributed by atoms with Crippen LogP contribution < -0.4 is 5.32 Å². The van der Waals surface area contributed by atoms with Gasteiger partial charge in [-0.15, -0.1) is 0 Å². The average Bonchev–Trinajstić information content (AvgIpc) is 2.39. The number of halogens is 2. The van der Waals surface area contributed by atoms with Crippen LogP contribution in [0.1, 0.15) is 11.7 Å². The Morgan fingerprint density at radius 3 is 2.89 bits per heavy atom. The lowest BCUT2D eigenvalue weighted by Crippen LogP contribution is -2.38. The minimum absolute atomic E-state index is 0.0565. The van der Waals surface area contributed by atoms with Gasteiger partial charge in [0.2, 0.25) is 0 Å². The number of aliphatic hydroxyl groups is 1. The minimum Gasteiger partial charge on any atom is -0.387 e. The summed E-state index contributed by atoms with van der Waals surface area (Å²) < 4.78 is 36.8. The van der Waals surface area contributed by atoms with Crippen LogP contribution in [0.5, 0.6) is 0 Å². The minimum atomic E-state index is -1.02. The zero-order valence-electron chi connectivity index (χ0n) is 10.4. The summed E-state index contributed by atoms with van der Waals surface area (Å²) >= 11 is 0. The number of aliphatic hydroxyl groups excluding tert-OH is 1. The maximum absolute atomic E-state index is 13.4. The molecule has 0 radical (unpaired) electrons. The Bertz CT molecular complexity index is 411. The van der Waals surface area contributed by atoms with Crippen LogP contribution in [0, 0.1) is 11.6 Å². The highest BCUT2D eigenvalue weighted by Crippen LogP contribution is 2.17. The van der Waals surface area contributed by atoms with E-state index < -0.39 is 17.7 Å². The van der Waals surface area contributed by atoms with Crippen molar-refractivity contribution in [3.63, 3.8) is 0 Å². The topological polar surface area (TPSA) is 50.7 Å². The highest BCUT2D eigenvalue weighted by Gasteiger charge is 2.16. The van der Waals surface area contributed by atoms with Crippen LogP contribution in [0.25, 0.3) is 0 Å². The first-order valence-corrected chi connectivity index (χ1v) is 6.20. The summed E-state index contributed by atoms with van der Waals surface area (Å²) in [6, 6.07) is 3.13. The van der Waals surface area contributed by atoms with Gasteiger partial charge in [-0.25, -0.2) is 8.78 Å². The normalized spacial score (nSPS) is 21.3. The molecule has 1 aliphatic heterocycles. The standard InChI is InChI=1S/C13H17F2NO3/c14-9-1-2-11(12(15)5-9)13(17)7-16-6-10-8-18-3-4-19-10/h1-2,5,10,13,16-17H,3-4,6-8H2. The van der Waals surface area contributed by atoms with Gasteiger partial charge < -0.3 is 19.9 Å². The second-order valence-electron chi connectivity index (χ2n) is 4.41. The van der Waals surface area contributed by atoms with Gasteiger partial charge in [0.05, 0.1) is 32.0 Å². The molecule has 0 aliphatic carbocycles. The smallest absolute Gasteiger partial charge is 0.131 e. The van der Waals surface area contributed by atoms with Gasteiger partial charge in [-0.3, -0.25) is 0 Å². The monoisotopic (exact) mass is 273 g/mol. The Labute approximate surface area is 110 Å². The molecular formula is C13H17F2NO3. The summed E-state index contributed by atoms with van der Waals surface area (Å²) in [7, 11) is 0. The molecule has 1 fully saturated rings. The predicted octanol–water partition coefficient (Wildman–Crippen LogP) is 1.00. The molecule has 0 bridgehead atoms. The maximum atomic E-state index is 13.4. The first-order chi connectivity index (χ1) is 9.16. The highest BCUT2D eigenvalue weighted by molar-refractivity contribution is 5.21. The number of benzene rings is 1. The van der Waals surface area contributed by atoms with E-state index in [1.807, 2.05) is 0 Å². The van der Waals surface area contributed by atoms with E-state index in [4.69, 9.17) is 9.47 Å². The summed E-state index contributed by atoms with van der Waals surface area (Å²) in [4.78, 5) is 0. The van der Waals surface area contributed by atoms with Crippen molar-refractivity contribution >= 4 is 0 Å². The van der Waals surface area contributed by atoms with Crippen molar-refractivity contribution in [2.24, 2.45) is 0 Å². The van der Waals surface area contributed by atoms with Crippen LogP contribution in [0.15, 0.2) is 18.2 Å². The van der Waals surface area contributed by atoms with Crippen LogP contribution in [-0.2, 0) is 9.47 Å². The molecule has 1 heterocycles. The lowest BCUT2D eigenvalue weighted by atomic mass is 10.1. The molecule has 4 nitrogen and oxygen atoms in total. The molecule has 1 aliphatic rings. The van der Waals surface area contributed by atoms with Crippen molar-refractivity contribution in [2.45, 2.75) is 12.2 Å². The van der Waals surface area contributed by atoms with Gasteiger partial charge in [0.15, 0.2) is 0 Å². The van der Waals surface area contributed by atoms with Gasteiger partial charge >= 0.3 is 0 Å². The molecule has 0 spiro atoms. The SMILES string of the molecule is OC(CNCC1COCCO1)c1ccc(F)cc1F. The van der Waals surface area contributed by atoms with Crippen molar-refractivity contribution < 1.29 is 23.4 Å². The quantitative estimate of drug-likeness (QED) is 0.840. The van der Waals surface area contributed by atoms with Gasteiger partial charge in [-0.1, -0.05) is 6.07 Å². The zero-order valence-corrected chi connectivity index (χ0v) is 10.4. The van der Waals surface area contributed by atoms with Crippen LogP contribution in [0.2, 0.25) is 0 Å². The van der Waals surface area contributed by atoms with Crippen LogP contribution in [0.3, 0.4) is 0 Å². The van der Waals surface area contributed by atoms with Crippen molar-refractivity contribution in [3.8, 4) is 0 Å². The molecule has 2 atom stereocenters. The molecule has 0 aromatic heterocycles. The fourth-order valence-corrected chi connectivity index (χ4v) is 1.92. The molecule has 19 heavy (non-hydrogen) atoms. The lowest BCUT2D eigenvalue weighted by Gasteiger charge is -2.23. The third-order valence-electron chi connectivity index (χ3n) is 2.92. The van der Waals surface area contributed by atoms with Crippen LogP contribution in [0.4, 0.5) is 8.78 Å². The number of hydrogen-bond acceptors (Lipinski definition) is 4. The van der Waals surface area contributed by atoms with E-state index in [0.29, 0.717) is 26.4 Å². The Hall–Kier alpha value is -1.08. The van der Waals surface area contributed by atoms with E-state index in [1.165, 1.54) is 6.07 Å². The van der Waals surface area contributed by atoms with Gasteiger partial charge in [-0.2, -0.15) is 0 Å². The molecule has 2 N–H and O–H groups in total. The summed E-state index contributed by atoms with van der Waals surface area (Å²) in [5, 5.41) is 12.8. The van der Waals surface area contributed by atoms with E-state index in [9.17, 15) is 13.9 Å². The fraction of sp³-hybridized carbons (Fsp3) is 0.538. The highest BCUT2D eigenvalue weighted by atomic mass is 19.1. The summed E-state index contributed by atoms with van der Waals surface area (Å²) in [6.45, 7) is 2.34. The second-order valence-corrected chi connectivity index (χ2v) is 4.41. The number of hydrogen-bond donors (Lipinski definition) is 2. The van der Waals surface area contributed by atoms with Crippen molar-refractivity contribution in [2.75, 3.05) is 32.9 Å². The molecular weight excluding hydrogens is 256 g/mol. The summed E-state index contributed by atoms with van der Waals surface area (Å²) in [6.07, 6.45) is -1.08. The molecule has 6 heteroatoms. The molecule has 2 rings (SSSR count). The second kappa shape index (κ2) is 6.91. The molecule has 0 saturated carbocycles. The predicted molar refractivity (Wildman–Crippen MR) is 64.7 cm³/mol. The molecule has 1 aromatic rings. The van der Waals surface area contributed by atoms with Gasteiger partial charge in [0, 0.05) is 24.7 Å². The average molecular weight is 273 g/mol. The third-order valence-corrected chi connectivity index (χ3v) is 2.92. The third kappa shape index (κ3) is 4.21. The van der Waals surface area contributed by atoms with Gasteiger partial charge in [0.1, 0.15) is 11.6 Å². The van der Waals surface area contributed by atoms with Crippen LogP contribution in [-0.4, -0.2) is 44.1 Å². The molecule has 106 valence electrons. The fourth-order valence-electron chi connectivity index (χ4n) is 1.92. The van der Waals surface area contributed by atoms with E-state index >= 15 is 0 Å². The molecule has 1 saturated heterocycles. The lowest BCUT2D eigenvalue weighted by molar-refractivity contribution is -0.0868. The maximum Gasteiger partial charge on any atom is 0.131 e. The van der Waals surface area contributed by atoms with E-state index in [-0.39, 0.29) is 18.2 Å². The van der Waals surface area contributed by atoms with Crippen LogP contribution >= 0.6 is 0 Å². The zero-order chi connectivity index (χ0) is 13.7. The Kier molecular flexibility index (Phi) is 5.21. The van der Waals surface area contributed by atoms with E-state index in [0.717, 1.165) is 12.1 Å². The van der Waals surface area contributed by atoms with Gasteiger partial charge in [0.25, 0.3) is 0 Å². The first-order valence-electron chi connectivity index (χ1n) is 6.20. The number of nitrogens with one attached hydrogen (secondary N) is 1. The molecule has 1 aromatic carbocycles. The number of ether oxygens (including phenoxy) is 2.